The van der Waals surface area contributed by atoms with Crippen LogP contribution in [0.1, 0.15) is 38.9 Å². The largest absolute Gasteiger partial charge is 0.457 e. The molecule has 9 aromatic carbocycles. The normalized spacial score (nSPS) is 15.1. The predicted molar refractivity (Wildman–Crippen MR) is 248 cm³/mol. The topological polar surface area (TPSA) is 33.5 Å². The zero-order chi connectivity index (χ0) is 40.6. The van der Waals surface area contributed by atoms with Gasteiger partial charge >= 0.3 is 0 Å². The van der Waals surface area contributed by atoms with Gasteiger partial charge in [-0.25, -0.2) is 4.98 Å². The molecule has 5 nitrogen and oxygen atoms in total. The molecule has 0 saturated heterocycles. The van der Waals surface area contributed by atoms with Gasteiger partial charge in [0.2, 0.25) is 5.95 Å². The lowest BCUT2D eigenvalue weighted by Gasteiger charge is -2.50. The molecule has 4 aliphatic rings. The molecule has 0 atom stereocenters. The molecule has 14 rings (SSSR count). The van der Waals surface area contributed by atoms with Gasteiger partial charge < -0.3 is 9.64 Å². The molecule has 3 aliphatic heterocycles. The standard InChI is InChI=1S/C57H36N4O/c1-2-18-37(19-3-1)61-55-58-48-28-12-15-31-52(48)60(55)51-35-34-38(36-47(51)57(61)41-22-6-4-20-39(41)40-21-5-7-23-42(40)57)59-49-29-13-8-24-43(49)56(44-25-9-14-30-50(44)59)45-26-10-16-32-53(45)62-54-33-17-11-27-46(54)56/h1-36H. The monoisotopic (exact) mass is 792 g/mol. The lowest BCUT2D eigenvalue weighted by atomic mass is 9.61. The van der Waals surface area contributed by atoms with Gasteiger partial charge in [-0.2, -0.15) is 0 Å². The van der Waals surface area contributed by atoms with E-state index in [1.54, 1.807) is 0 Å². The number of hydrogen-bond donors (Lipinski definition) is 0. The number of para-hydroxylation sites is 7. The van der Waals surface area contributed by atoms with Crippen LogP contribution in [0.3, 0.4) is 0 Å². The molecule has 1 aliphatic carbocycles. The number of rotatable bonds is 2. The molecule has 1 aromatic heterocycles. The fraction of sp³-hybridized carbons (Fsp3) is 0.0351. The molecular weight excluding hydrogens is 757 g/mol. The summed E-state index contributed by atoms with van der Waals surface area (Å²) < 4.78 is 9.07. The van der Waals surface area contributed by atoms with Crippen LogP contribution in [0.4, 0.5) is 28.7 Å². The van der Waals surface area contributed by atoms with Crippen molar-refractivity contribution in [2.45, 2.75) is 11.0 Å². The molecule has 0 saturated carbocycles. The second-order valence-corrected chi connectivity index (χ2v) is 16.6. The van der Waals surface area contributed by atoms with E-state index in [0.717, 1.165) is 68.0 Å². The first-order valence-electron chi connectivity index (χ1n) is 21.3. The Hall–Kier alpha value is -8.15. The Labute approximate surface area is 359 Å². The summed E-state index contributed by atoms with van der Waals surface area (Å²) in [5, 5.41) is 0. The second-order valence-electron chi connectivity index (χ2n) is 16.6. The molecule has 290 valence electrons. The number of benzene rings is 9. The van der Waals surface area contributed by atoms with E-state index < -0.39 is 11.0 Å². The number of fused-ring (bicyclic) bond motifs is 19. The molecule has 0 bridgehead atoms. The summed E-state index contributed by atoms with van der Waals surface area (Å²) in [5.41, 5.74) is 17.0. The van der Waals surface area contributed by atoms with Crippen molar-refractivity contribution in [1.29, 1.82) is 0 Å². The Balaban J connectivity index is 1.11. The molecule has 10 aromatic rings. The molecule has 2 spiro atoms. The van der Waals surface area contributed by atoms with E-state index in [4.69, 9.17) is 9.72 Å². The molecule has 5 heteroatoms. The minimum atomic E-state index is -0.772. The van der Waals surface area contributed by atoms with Crippen molar-refractivity contribution in [2.75, 3.05) is 9.80 Å². The third-order valence-corrected chi connectivity index (χ3v) is 13.8. The van der Waals surface area contributed by atoms with Crippen LogP contribution in [-0.4, -0.2) is 9.55 Å². The summed E-state index contributed by atoms with van der Waals surface area (Å²) in [6.07, 6.45) is 0. The number of anilines is 5. The predicted octanol–water partition coefficient (Wildman–Crippen LogP) is 13.7. The number of hydrogen-bond acceptors (Lipinski definition) is 4. The van der Waals surface area contributed by atoms with Gasteiger partial charge in [0.05, 0.1) is 33.5 Å². The van der Waals surface area contributed by atoms with Gasteiger partial charge in [-0.05, 0) is 100 Å². The van der Waals surface area contributed by atoms with Gasteiger partial charge in [0, 0.05) is 28.1 Å². The van der Waals surface area contributed by atoms with Gasteiger partial charge in [-0.15, -0.1) is 0 Å². The Morgan fingerprint density at radius 2 is 0.903 bits per heavy atom. The van der Waals surface area contributed by atoms with Gasteiger partial charge in [0.1, 0.15) is 17.0 Å². The summed E-state index contributed by atoms with van der Waals surface area (Å²) in [6.45, 7) is 0. The average molecular weight is 793 g/mol. The molecule has 0 amide bonds. The zero-order valence-corrected chi connectivity index (χ0v) is 33.5. The van der Waals surface area contributed by atoms with E-state index in [0.29, 0.717) is 0 Å². The summed E-state index contributed by atoms with van der Waals surface area (Å²) in [6, 6.07) is 79.5. The van der Waals surface area contributed by atoms with Crippen LogP contribution in [0.15, 0.2) is 218 Å². The Morgan fingerprint density at radius 1 is 0.387 bits per heavy atom. The summed E-state index contributed by atoms with van der Waals surface area (Å²) in [5.74, 6) is 2.64. The average Bonchev–Trinajstić information content (AvgIpc) is 3.86. The number of nitrogens with zero attached hydrogens (tertiary/aromatic N) is 4. The van der Waals surface area contributed by atoms with Crippen LogP contribution in [0, 0.1) is 0 Å². The van der Waals surface area contributed by atoms with E-state index >= 15 is 0 Å². The van der Waals surface area contributed by atoms with Crippen molar-refractivity contribution in [1.82, 2.24) is 9.55 Å². The fourth-order valence-corrected chi connectivity index (χ4v) is 11.5. The van der Waals surface area contributed by atoms with Crippen molar-refractivity contribution in [3.8, 4) is 28.3 Å². The Kier molecular flexibility index (Phi) is 6.63. The van der Waals surface area contributed by atoms with Crippen LogP contribution >= 0.6 is 0 Å². The highest BCUT2D eigenvalue weighted by atomic mass is 16.5. The first kappa shape index (κ1) is 33.7. The molecular formula is C57H36N4O. The third-order valence-electron chi connectivity index (χ3n) is 13.8. The molecule has 4 heterocycles. The van der Waals surface area contributed by atoms with E-state index in [2.05, 4.69) is 233 Å². The smallest absolute Gasteiger partial charge is 0.217 e. The third kappa shape index (κ3) is 4.05. The van der Waals surface area contributed by atoms with Crippen LogP contribution in [0.25, 0.3) is 27.8 Å². The molecule has 0 N–H and O–H groups in total. The molecule has 0 unspecified atom stereocenters. The van der Waals surface area contributed by atoms with E-state index in [1.807, 2.05) is 0 Å². The van der Waals surface area contributed by atoms with Crippen molar-refractivity contribution in [3.63, 3.8) is 0 Å². The quantitative estimate of drug-likeness (QED) is 0.175. The highest BCUT2D eigenvalue weighted by Crippen LogP contribution is 2.65. The second kappa shape index (κ2) is 12.2. The first-order valence-corrected chi connectivity index (χ1v) is 21.3. The van der Waals surface area contributed by atoms with Crippen molar-refractivity contribution in [2.24, 2.45) is 0 Å². The maximum atomic E-state index is 6.69. The SMILES string of the molecule is c1ccc(N2c3nc4ccccc4n3-c3ccc(N4c5ccccc5C5(c6ccccc6Oc6ccccc65)c5ccccc54)cc3C23c2ccccc2-c2ccccc23)cc1. The summed E-state index contributed by atoms with van der Waals surface area (Å²) in [4.78, 5) is 10.5. The van der Waals surface area contributed by atoms with Gasteiger partial charge in [-0.3, -0.25) is 9.47 Å². The van der Waals surface area contributed by atoms with Gasteiger partial charge in [-0.1, -0.05) is 152 Å². The highest BCUT2D eigenvalue weighted by molar-refractivity contribution is 5.96. The van der Waals surface area contributed by atoms with Crippen molar-refractivity contribution in [3.05, 3.63) is 257 Å². The van der Waals surface area contributed by atoms with Gasteiger partial charge in [0.15, 0.2) is 0 Å². The molecule has 62 heavy (non-hydrogen) atoms. The Morgan fingerprint density at radius 3 is 1.55 bits per heavy atom. The minimum Gasteiger partial charge on any atom is -0.457 e. The maximum Gasteiger partial charge on any atom is 0.217 e. The number of imidazole rings is 1. The molecule has 0 fully saturated rings. The van der Waals surface area contributed by atoms with Crippen LogP contribution < -0.4 is 14.5 Å². The van der Waals surface area contributed by atoms with E-state index in [1.165, 1.54) is 38.9 Å². The molecule has 0 radical (unpaired) electrons. The lowest BCUT2D eigenvalue weighted by molar-refractivity contribution is 0.434. The van der Waals surface area contributed by atoms with Crippen LogP contribution in [-0.2, 0) is 11.0 Å². The van der Waals surface area contributed by atoms with Gasteiger partial charge in [0.25, 0.3) is 0 Å². The number of ether oxygens (including phenoxy) is 1. The maximum absolute atomic E-state index is 6.69. The lowest BCUT2D eigenvalue weighted by Crippen LogP contribution is -2.48. The zero-order valence-electron chi connectivity index (χ0n) is 33.5. The van der Waals surface area contributed by atoms with E-state index in [-0.39, 0.29) is 0 Å². The van der Waals surface area contributed by atoms with Crippen molar-refractivity contribution < 1.29 is 4.74 Å². The number of aromatic nitrogens is 2. The highest BCUT2D eigenvalue weighted by Gasteiger charge is 2.56. The minimum absolute atomic E-state index is 0.622. The Bertz CT molecular complexity index is 3350. The van der Waals surface area contributed by atoms with Crippen LogP contribution in [0.5, 0.6) is 11.5 Å². The van der Waals surface area contributed by atoms with Crippen LogP contribution in [0.2, 0.25) is 0 Å². The first-order chi connectivity index (χ1) is 30.8. The van der Waals surface area contributed by atoms with E-state index in [9.17, 15) is 0 Å². The summed E-state index contributed by atoms with van der Waals surface area (Å²) >= 11 is 0. The fourth-order valence-electron chi connectivity index (χ4n) is 11.5. The summed E-state index contributed by atoms with van der Waals surface area (Å²) in [7, 11) is 0. The van der Waals surface area contributed by atoms with Crippen molar-refractivity contribution >= 4 is 39.7 Å².